The Morgan fingerprint density at radius 3 is 2.93 bits per heavy atom. The fourth-order valence-electron chi connectivity index (χ4n) is 2.53. The highest BCUT2D eigenvalue weighted by molar-refractivity contribution is 7.89. The van der Waals surface area contributed by atoms with E-state index in [1.165, 1.54) is 0 Å². The lowest BCUT2D eigenvalue weighted by Crippen LogP contribution is -2.40. The predicted octanol–water partition coefficient (Wildman–Crippen LogP) is 0.0199. The van der Waals surface area contributed by atoms with E-state index in [9.17, 15) is 8.42 Å². The maximum atomic E-state index is 11.9. The largest absolute Gasteiger partial charge is 0.315 e. The van der Waals surface area contributed by atoms with Crippen LogP contribution in [0.3, 0.4) is 0 Å². The molecule has 0 aliphatic carbocycles. The van der Waals surface area contributed by atoms with Crippen LogP contribution in [-0.2, 0) is 10.0 Å². The van der Waals surface area contributed by atoms with Crippen LogP contribution in [0.2, 0.25) is 0 Å². The topological polar surface area (TPSA) is 49.4 Å². The lowest BCUT2D eigenvalue weighted by Gasteiger charge is -2.22. The number of sulfonamides is 1. The fourth-order valence-corrected chi connectivity index (χ4v) is 4.32. The molecule has 0 aromatic carbocycles. The Morgan fingerprint density at radius 1 is 1.43 bits per heavy atom. The molecule has 0 amide bonds. The van der Waals surface area contributed by atoms with Crippen LogP contribution in [0.25, 0.3) is 0 Å². The molecule has 2 atom stereocenters. The summed E-state index contributed by atoms with van der Waals surface area (Å²) >= 11 is 0. The van der Waals surface area contributed by atoms with Gasteiger partial charge in [0.25, 0.3) is 0 Å². The molecular weight excluding hydrogens is 200 g/mol. The van der Waals surface area contributed by atoms with E-state index in [4.69, 9.17) is 0 Å². The molecule has 2 aliphatic rings. The molecule has 0 aromatic heterocycles. The van der Waals surface area contributed by atoms with Crippen LogP contribution in [0.15, 0.2) is 0 Å². The van der Waals surface area contributed by atoms with Gasteiger partial charge < -0.3 is 5.32 Å². The van der Waals surface area contributed by atoms with Gasteiger partial charge >= 0.3 is 0 Å². The van der Waals surface area contributed by atoms with Gasteiger partial charge in [-0.1, -0.05) is 6.92 Å². The number of nitrogens with zero attached hydrogens (tertiary/aromatic N) is 1. The molecule has 0 radical (unpaired) electrons. The average molecular weight is 218 g/mol. The van der Waals surface area contributed by atoms with Gasteiger partial charge in [0, 0.05) is 19.1 Å². The first-order chi connectivity index (χ1) is 6.65. The van der Waals surface area contributed by atoms with Gasteiger partial charge in [-0.05, 0) is 25.3 Å². The van der Waals surface area contributed by atoms with Crippen molar-refractivity contribution in [3.05, 3.63) is 0 Å². The number of nitrogens with one attached hydrogen (secondary N) is 1. The number of rotatable bonds is 3. The van der Waals surface area contributed by atoms with E-state index >= 15 is 0 Å². The van der Waals surface area contributed by atoms with Crippen LogP contribution in [0.5, 0.6) is 0 Å². The maximum absolute atomic E-state index is 11.9. The molecule has 0 spiro atoms. The molecule has 2 aliphatic heterocycles. The van der Waals surface area contributed by atoms with Crippen LogP contribution < -0.4 is 5.32 Å². The minimum absolute atomic E-state index is 0.242. The zero-order valence-corrected chi connectivity index (χ0v) is 9.39. The minimum Gasteiger partial charge on any atom is -0.315 e. The van der Waals surface area contributed by atoms with Crippen molar-refractivity contribution < 1.29 is 8.42 Å². The molecule has 0 unspecified atom stereocenters. The summed E-state index contributed by atoms with van der Waals surface area (Å²) in [4.78, 5) is 0. The Labute approximate surface area is 85.7 Å². The van der Waals surface area contributed by atoms with Crippen molar-refractivity contribution >= 4 is 10.0 Å². The highest BCUT2D eigenvalue weighted by Crippen LogP contribution is 2.29. The molecular formula is C9H18N2O2S. The summed E-state index contributed by atoms with van der Waals surface area (Å²) in [7, 11) is -2.97. The summed E-state index contributed by atoms with van der Waals surface area (Å²) in [6.45, 7) is 4.48. The average Bonchev–Trinajstić information content (AvgIpc) is 2.60. The Bertz CT molecular complexity index is 302. The Morgan fingerprint density at radius 2 is 2.21 bits per heavy atom. The molecule has 2 rings (SSSR count). The van der Waals surface area contributed by atoms with Crippen molar-refractivity contribution in [2.24, 2.45) is 5.92 Å². The van der Waals surface area contributed by atoms with Gasteiger partial charge in [-0.15, -0.1) is 0 Å². The quantitative estimate of drug-likeness (QED) is 0.726. The van der Waals surface area contributed by atoms with E-state index in [1.54, 1.807) is 4.31 Å². The summed E-state index contributed by atoms with van der Waals surface area (Å²) in [5.41, 5.74) is 0. The zero-order chi connectivity index (χ0) is 10.2. The van der Waals surface area contributed by atoms with Gasteiger partial charge in [-0.25, -0.2) is 8.42 Å². The molecule has 0 aromatic rings. The second kappa shape index (κ2) is 3.79. The van der Waals surface area contributed by atoms with Crippen molar-refractivity contribution in [1.82, 2.24) is 9.62 Å². The molecule has 2 heterocycles. The second-order valence-electron chi connectivity index (χ2n) is 4.20. The van der Waals surface area contributed by atoms with E-state index in [-0.39, 0.29) is 6.04 Å². The van der Waals surface area contributed by atoms with Gasteiger partial charge in [-0.2, -0.15) is 4.31 Å². The standard InChI is InChI=1S/C9H18N2O2S/c1-2-5-14(12,13)11-4-3-8-6-10-7-9(8)11/h8-10H,2-7H2,1H3/t8-,9+/m1/s1. The third-order valence-electron chi connectivity index (χ3n) is 3.21. The molecule has 14 heavy (non-hydrogen) atoms. The number of hydrogen-bond donors (Lipinski definition) is 1. The van der Waals surface area contributed by atoms with Crippen LogP contribution in [0.4, 0.5) is 0 Å². The first-order valence-electron chi connectivity index (χ1n) is 5.35. The van der Waals surface area contributed by atoms with Crippen molar-refractivity contribution in [2.45, 2.75) is 25.8 Å². The normalized spacial score (nSPS) is 33.5. The molecule has 4 nitrogen and oxygen atoms in total. The smallest absolute Gasteiger partial charge is 0.214 e. The summed E-state index contributed by atoms with van der Waals surface area (Å²) in [5, 5.41) is 3.26. The van der Waals surface area contributed by atoms with Gasteiger partial charge in [0.1, 0.15) is 0 Å². The highest BCUT2D eigenvalue weighted by atomic mass is 32.2. The van der Waals surface area contributed by atoms with Gasteiger partial charge in [0.15, 0.2) is 0 Å². The Balaban J connectivity index is 2.12. The molecule has 2 fully saturated rings. The third-order valence-corrected chi connectivity index (χ3v) is 5.31. The molecule has 2 saturated heterocycles. The van der Waals surface area contributed by atoms with E-state index in [2.05, 4.69) is 5.32 Å². The van der Waals surface area contributed by atoms with Crippen LogP contribution in [-0.4, -0.2) is 44.2 Å². The van der Waals surface area contributed by atoms with Crippen LogP contribution >= 0.6 is 0 Å². The molecule has 0 saturated carbocycles. The summed E-state index contributed by atoms with van der Waals surface area (Å²) < 4.78 is 25.5. The van der Waals surface area contributed by atoms with Gasteiger partial charge in [0.2, 0.25) is 10.0 Å². The predicted molar refractivity (Wildman–Crippen MR) is 55.5 cm³/mol. The van der Waals surface area contributed by atoms with Gasteiger partial charge in [0.05, 0.1) is 5.75 Å². The van der Waals surface area contributed by atoms with E-state index in [0.29, 0.717) is 18.1 Å². The lowest BCUT2D eigenvalue weighted by atomic mass is 10.1. The first kappa shape index (κ1) is 10.4. The first-order valence-corrected chi connectivity index (χ1v) is 6.96. The van der Waals surface area contributed by atoms with Crippen LogP contribution in [0.1, 0.15) is 19.8 Å². The zero-order valence-electron chi connectivity index (χ0n) is 8.57. The Hall–Kier alpha value is -0.130. The number of fused-ring (bicyclic) bond motifs is 1. The lowest BCUT2D eigenvalue weighted by molar-refractivity contribution is 0.382. The molecule has 1 N–H and O–H groups in total. The monoisotopic (exact) mass is 218 g/mol. The summed E-state index contributed by atoms with van der Waals surface area (Å²) in [6, 6.07) is 0.242. The molecule has 0 bridgehead atoms. The van der Waals surface area contributed by atoms with E-state index < -0.39 is 10.0 Å². The van der Waals surface area contributed by atoms with Crippen molar-refractivity contribution in [3.63, 3.8) is 0 Å². The summed E-state index contributed by atoms with van der Waals surface area (Å²) in [5.74, 6) is 0.859. The highest BCUT2D eigenvalue weighted by Gasteiger charge is 2.42. The van der Waals surface area contributed by atoms with Crippen molar-refractivity contribution in [2.75, 3.05) is 25.4 Å². The third kappa shape index (κ3) is 1.68. The van der Waals surface area contributed by atoms with Crippen molar-refractivity contribution in [1.29, 1.82) is 0 Å². The van der Waals surface area contributed by atoms with Gasteiger partial charge in [-0.3, -0.25) is 0 Å². The van der Waals surface area contributed by atoms with E-state index in [0.717, 1.165) is 26.1 Å². The SMILES string of the molecule is CCCS(=O)(=O)N1CC[C@@H]2CNC[C@@H]21. The van der Waals surface area contributed by atoms with Crippen molar-refractivity contribution in [3.8, 4) is 0 Å². The second-order valence-corrected chi connectivity index (χ2v) is 6.24. The maximum Gasteiger partial charge on any atom is 0.214 e. The fraction of sp³-hybridized carbons (Fsp3) is 1.00. The Kier molecular flexibility index (Phi) is 2.81. The van der Waals surface area contributed by atoms with E-state index in [1.807, 2.05) is 6.92 Å². The minimum atomic E-state index is -2.97. The molecule has 82 valence electrons. The van der Waals surface area contributed by atoms with Crippen LogP contribution in [0, 0.1) is 5.92 Å². The molecule has 5 heteroatoms. The number of hydrogen-bond acceptors (Lipinski definition) is 3. The summed E-state index contributed by atoms with van der Waals surface area (Å²) in [6.07, 6.45) is 1.74.